The number of rotatable bonds is 2. The van der Waals surface area contributed by atoms with Crippen LogP contribution in [0.2, 0.25) is 0 Å². The molecule has 0 fully saturated rings. The number of benzene rings is 3. The number of para-hydroxylation sites is 1. The summed E-state index contributed by atoms with van der Waals surface area (Å²) in [6, 6.07) is 21.5. The number of hydrogen-bond acceptors (Lipinski definition) is 2. The zero-order valence-corrected chi connectivity index (χ0v) is 9.80. The minimum absolute atomic E-state index is 0.289. The van der Waals surface area contributed by atoms with Crippen molar-refractivity contribution in [2.75, 3.05) is 5.32 Å². The van der Waals surface area contributed by atoms with Crippen molar-refractivity contribution in [3.05, 3.63) is 66.7 Å². The molecule has 0 radical (unpaired) electrons. The van der Waals surface area contributed by atoms with Gasteiger partial charge in [0.1, 0.15) is 5.75 Å². The smallest absolute Gasteiger partial charge is 0.146 e. The fourth-order valence-corrected chi connectivity index (χ4v) is 2.03. The first kappa shape index (κ1) is 10.7. The molecular formula is C16H13NO. The van der Waals surface area contributed by atoms with Crippen LogP contribution >= 0.6 is 0 Å². The highest BCUT2D eigenvalue weighted by atomic mass is 16.3. The van der Waals surface area contributed by atoms with Crippen LogP contribution in [0.3, 0.4) is 0 Å². The Morgan fingerprint density at radius 3 is 2.28 bits per heavy atom. The Kier molecular flexibility index (Phi) is 2.61. The van der Waals surface area contributed by atoms with Crippen LogP contribution in [0.25, 0.3) is 10.8 Å². The topological polar surface area (TPSA) is 32.3 Å². The number of fused-ring (bicyclic) bond motifs is 1. The first-order valence-corrected chi connectivity index (χ1v) is 5.87. The van der Waals surface area contributed by atoms with Gasteiger partial charge >= 0.3 is 0 Å². The van der Waals surface area contributed by atoms with Crippen molar-refractivity contribution in [2.24, 2.45) is 0 Å². The van der Waals surface area contributed by atoms with E-state index in [1.54, 1.807) is 0 Å². The van der Waals surface area contributed by atoms with Crippen LogP contribution in [0.5, 0.6) is 5.75 Å². The highest BCUT2D eigenvalue weighted by molar-refractivity contribution is 5.93. The Bertz CT molecular complexity index is 677. The Hall–Kier alpha value is -2.48. The molecule has 2 nitrogen and oxygen atoms in total. The summed E-state index contributed by atoms with van der Waals surface area (Å²) in [6.45, 7) is 0. The van der Waals surface area contributed by atoms with E-state index in [-0.39, 0.29) is 5.75 Å². The molecule has 2 heteroatoms. The molecule has 0 bridgehead atoms. The Morgan fingerprint density at radius 2 is 1.44 bits per heavy atom. The molecule has 0 saturated carbocycles. The maximum atomic E-state index is 10.2. The lowest BCUT2D eigenvalue weighted by Crippen LogP contribution is -1.90. The summed E-state index contributed by atoms with van der Waals surface area (Å²) >= 11 is 0. The fraction of sp³-hybridized carbons (Fsp3) is 0. The highest BCUT2D eigenvalue weighted by Gasteiger charge is 2.05. The maximum Gasteiger partial charge on any atom is 0.146 e. The number of anilines is 2. The van der Waals surface area contributed by atoms with Gasteiger partial charge in [-0.1, -0.05) is 48.5 Å². The van der Waals surface area contributed by atoms with Crippen LogP contribution in [0.4, 0.5) is 11.4 Å². The first-order chi connectivity index (χ1) is 8.84. The van der Waals surface area contributed by atoms with Crippen LogP contribution in [-0.2, 0) is 0 Å². The molecule has 3 aromatic rings. The van der Waals surface area contributed by atoms with Crippen LogP contribution in [0, 0.1) is 0 Å². The van der Waals surface area contributed by atoms with Crippen molar-refractivity contribution >= 4 is 22.1 Å². The standard InChI is InChI=1S/C16H13NO/c18-16-14-9-5-4-6-12(14)10-11-15(16)17-13-7-2-1-3-8-13/h1-11,17-18H. The Morgan fingerprint density at radius 1 is 0.722 bits per heavy atom. The first-order valence-electron chi connectivity index (χ1n) is 5.87. The van der Waals surface area contributed by atoms with Gasteiger partial charge in [0.25, 0.3) is 0 Å². The van der Waals surface area contributed by atoms with Crippen LogP contribution < -0.4 is 5.32 Å². The second-order valence-corrected chi connectivity index (χ2v) is 4.17. The summed E-state index contributed by atoms with van der Waals surface area (Å²) in [5, 5.41) is 15.4. The average Bonchev–Trinajstić information content (AvgIpc) is 2.43. The van der Waals surface area contributed by atoms with Crippen LogP contribution in [0.15, 0.2) is 66.7 Å². The van der Waals surface area contributed by atoms with Crippen molar-refractivity contribution in [2.45, 2.75) is 0 Å². The Balaban J connectivity index is 2.05. The quantitative estimate of drug-likeness (QED) is 0.649. The summed E-state index contributed by atoms with van der Waals surface area (Å²) in [5.74, 6) is 0.289. The van der Waals surface area contributed by atoms with Gasteiger partial charge in [0.05, 0.1) is 5.69 Å². The molecule has 18 heavy (non-hydrogen) atoms. The minimum atomic E-state index is 0.289. The molecule has 3 aromatic carbocycles. The molecule has 0 saturated heterocycles. The van der Waals surface area contributed by atoms with Crippen LogP contribution in [0.1, 0.15) is 0 Å². The molecule has 0 atom stereocenters. The molecule has 0 spiro atoms. The predicted molar refractivity (Wildman–Crippen MR) is 75.3 cm³/mol. The number of phenolic OH excluding ortho intramolecular Hbond substituents is 1. The fourth-order valence-electron chi connectivity index (χ4n) is 2.03. The summed E-state index contributed by atoms with van der Waals surface area (Å²) in [6.07, 6.45) is 0. The third-order valence-corrected chi connectivity index (χ3v) is 2.95. The summed E-state index contributed by atoms with van der Waals surface area (Å²) < 4.78 is 0. The van der Waals surface area contributed by atoms with Gasteiger partial charge in [-0.25, -0.2) is 0 Å². The molecule has 0 aliphatic heterocycles. The number of phenols is 1. The maximum absolute atomic E-state index is 10.2. The molecule has 0 amide bonds. The van der Waals surface area contributed by atoms with Gasteiger partial charge < -0.3 is 10.4 Å². The van der Waals surface area contributed by atoms with E-state index in [2.05, 4.69) is 5.32 Å². The predicted octanol–water partition coefficient (Wildman–Crippen LogP) is 4.29. The zero-order chi connectivity index (χ0) is 12.4. The summed E-state index contributed by atoms with van der Waals surface area (Å²) in [5.41, 5.74) is 1.68. The van der Waals surface area contributed by atoms with Gasteiger partial charge in [-0.2, -0.15) is 0 Å². The molecule has 0 aliphatic rings. The van der Waals surface area contributed by atoms with Gasteiger partial charge in [-0.15, -0.1) is 0 Å². The molecule has 3 rings (SSSR count). The second kappa shape index (κ2) is 4.41. The minimum Gasteiger partial charge on any atom is -0.505 e. The van der Waals surface area contributed by atoms with Crippen LogP contribution in [-0.4, -0.2) is 5.11 Å². The molecule has 0 aliphatic carbocycles. The number of aromatic hydroxyl groups is 1. The third-order valence-electron chi connectivity index (χ3n) is 2.95. The van der Waals surface area contributed by atoms with E-state index >= 15 is 0 Å². The molecule has 88 valence electrons. The van der Waals surface area contributed by atoms with Crippen molar-refractivity contribution in [1.82, 2.24) is 0 Å². The molecule has 0 heterocycles. The normalized spacial score (nSPS) is 10.4. The number of hydrogen-bond donors (Lipinski definition) is 2. The summed E-state index contributed by atoms with van der Waals surface area (Å²) in [4.78, 5) is 0. The number of nitrogens with one attached hydrogen (secondary N) is 1. The van der Waals surface area contributed by atoms with E-state index in [0.29, 0.717) is 0 Å². The average molecular weight is 235 g/mol. The molecular weight excluding hydrogens is 222 g/mol. The largest absolute Gasteiger partial charge is 0.505 e. The Labute approximate surface area is 106 Å². The van der Waals surface area contributed by atoms with Gasteiger partial charge in [-0.05, 0) is 23.6 Å². The van der Waals surface area contributed by atoms with Gasteiger partial charge in [-0.3, -0.25) is 0 Å². The van der Waals surface area contributed by atoms with E-state index in [1.165, 1.54) is 0 Å². The lowest BCUT2D eigenvalue weighted by atomic mass is 10.1. The molecule has 0 aromatic heterocycles. The summed E-state index contributed by atoms with van der Waals surface area (Å²) in [7, 11) is 0. The van der Waals surface area contributed by atoms with E-state index in [0.717, 1.165) is 22.1 Å². The van der Waals surface area contributed by atoms with Gasteiger partial charge in [0.2, 0.25) is 0 Å². The monoisotopic (exact) mass is 235 g/mol. The second-order valence-electron chi connectivity index (χ2n) is 4.17. The highest BCUT2D eigenvalue weighted by Crippen LogP contribution is 2.34. The van der Waals surface area contributed by atoms with E-state index < -0.39 is 0 Å². The van der Waals surface area contributed by atoms with Crippen molar-refractivity contribution < 1.29 is 5.11 Å². The molecule has 0 unspecified atom stereocenters. The van der Waals surface area contributed by atoms with E-state index in [4.69, 9.17) is 0 Å². The van der Waals surface area contributed by atoms with E-state index in [9.17, 15) is 5.11 Å². The van der Waals surface area contributed by atoms with Crippen molar-refractivity contribution in [3.63, 3.8) is 0 Å². The van der Waals surface area contributed by atoms with Gasteiger partial charge in [0, 0.05) is 11.1 Å². The van der Waals surface area contributed by atoms with Crippen molar-refractivity contribution in [1.29, 1.82) is 0 Å². The van der Waals surface area contributed by atoms with Gasteiger partial charge in [0.15, 0.2) is 0 Å². The molecule has 2 N–H and O–H groups in total. The third kappa shape index (κ3) is 1.89. The SMILES string of the molecule is Oc1c(Nc2ccccc2)ccc2ccccc12. The van der Waals surface area contributed by atoms with E-state index in [1.807, 2.05) is 66.7 Å². The lowest BCUT2D eigenvalue weighted by Gasteiger charge is -2.10. The zero-order valence-electron chi connectivity index (χ0n) is 9.80. The lowest BCUT2D eigenvalue weighted by molar-refractivity contribution is 0.484. The van der Waals surface area contributed by atoms with Crippen molar-refractivity contribution in [3.8, 4) is 5.75 Å².